The van der Waals surface area contributed by atoms with Crippen LogP contribution < -0.4 is 11.2 Å². The van der Waals surface area contributed by atoms with E-state index in [9.17, 15) is 18.0 Å². The minimum absolute atomic E-state index is 0.0291. The van der Waals surface area contributed by atoms with Crippen molar-refractivity contribution in [2.24, 2.45) is 5.73 Å². The highest BCUT2D eigenvalue weighted by atomic mass is 32.2. The number of nitrogens with two attached hydrogens (primary N) is 1. The SMILES string of the molecule is CN(C)C(=O)c1cc(C(=O)CS(=O)(=O)ONC(=N)N)cc(-n2cccc2)c1. The quantitative estimate of drug-likeness (QED) is 0.262. The van der Waals surface area contributed by atoms with E-state index in [4.69, 9.17) is 11.1 Å². The first-order valence-corrected chi connectivity index (χ1v) is 9.21. The van der Waals surface area contributed by atoms with Crippen LogP contribution in [-0.2, 0) is 14.4 Å². The summed E-state index contributed by atoms with van der Waals surface area (Å²) in [5, 5.41) is 6.89. The molecule has 4 N–H and O–H groups in total. The van der Waals surface area contributed by atoms with Crippen LogP contribution in [0.4, 0.5) is 0 Å². The molecule has 144 valence electrons. The van der Waals surface area contributed by atoms with E-state index in [2.05, 4.69) is 4.28 Å². The van der Waals surface area contributed by atoms with Crippen molar-refractivity contribution in [3.05, 3.63) is 53.9 Å². The standard InChI is InChI=1S/C16H19N5O5S/c1-20(2)15(23)12-7-11(8-13(9-12)21-5-3-4-6-21)14(22)10-27(24,25)26-19-16(17)18/h3-9H,10H2,1-2H3,(H4,17,18,19). The monoisotopic (exact) mass is 393 g/mol. The van der Waals surface area contributed by atoms with Gasteiger partial charge < -0.3 is 15.2 Å². The summed E-state index contributed by atoms with van der Waals surface area (Å²) in [6.07, 6.45) is 3.45. The van der Waals surface area contributed by atoms with Crippen LogP contribution >= 0.6 is 0 Å². The zero-order chi connectivity index (χ0) is 20.2. The lowest BCUT2D eigenvalue weighted by molar-refractivity contribution is 0.0827. The first-order chi connectivity index (χ1) is 12.6. The van der Waals surface area contributed by atoms with Gasteiger partial charge in [-0.2, -0.15) is 8.42 Å². The van der Waals surface area contributed by atoms with Gasteiger partial charge >= 0.3 is 0 Å². The lowest BCUT2D eigenvalue weighted by Crippen LogP contribution is -2.34. The Bertz CT molecular complexity index is 967. The minimum atomic E-state index is -4.32. The van der Waals surface area contributed by atoms with Gasteiger partial charge in [-0.05, 0) is 30.3 Å². The summed E-state index contributed by atoms with van der Waals surface area (Å²) in [6, 6.07) is 7.94. The number of carbonyl (C=O) groups is 2. The maximum Gasteiger partial charge on any atom is 0.295 e. The molecule has 0 aliphatic carbocycles. The normalized spacial score (nSPS) is 11.0. The average Bonchev–Trinajstić information content (AvgIpc) is 3.13. The minimum Gasteiger partial charge on any atom is -0.368 e. The topological polar surface area (TPSA) is 148 Å². The number of guanidine groups is 1. The van der Waals surface area contributed by atoms with Crippen LogP contribution in [0.5, 0.6) is 0 Å². The van der Waals surface area contributed by atoms with Gasteiger partial charge in [0.1, 0.15) is 5.75 Å². The average molecular weight is 393 g/mol. The summed E-state index contributed by atoms with van der Waals surface area (Å²) in [4.78, 5) is 26.1. The molecule has 0 aliphatic heterocycles. The van der Waals surface area contributed by atoms with Crippen LogP contribution in [0.15, 0.2) is 42.7 Å². The summed E-state index contributed by atoms with van der Waals surface area (Å²) < 4.78 is 29.6. The molecular weight excluding hydrogens is 374 g/mol. The van der Waals surface area contributed by atoms with E-state index in [1.54, 1.807) is 54.7 Å². The van der Waals surface area contributed by atoms with Crippen molar-refractivity contribution in [1.29, 1.82) is 5.41 Å². The van der Waals surface area contributed by atoms with Crippen molar-refractivity contribution in [2.45, 2.75) is 0 Å². The largest absolute Gasteiger partial charge is 0.368 e. The van der Waals surface area contributed by atoms with E-state index in [0.29, 0.717) is 5.69 Å². The van der Waals surface area contributed by atoms with Crippen LogP contribution in [0, 0.1) is 5.41 Å². The molecule has 2 aromatic rings. The van der Waals surface area contributed by atoms with Gasteiger partial charge in [-0.1, -0.05) is 0 Å². The third-order valence-electron chi connectivity index (χ3n) is 3.38. The van der Waals surface area contributed by atoms with E-state index < -0.39 is 27.6 Å². The second-order valence-corrected chi connectivity index (χ2v) is 7.35. The Kier molecular flexibility index (Phi) is 5.98. The van der Waals surface area contributed by atoms with Gasteiger partial charge in [-0.15, -0.1) is 4.28 Å². The maximum absolute atomic E-state index is 12.5. The van der Waals surface area contributed by atoms with E-state index in [1.165, 1.54) is 17.0 Å². The molecule has 0 saturated carbocycles. The van der Waals surface area contributed by atoms with Gasteiger partial charge in [0.25, 0.3) is 16.0 Å². The summed E-state index contributed by atoms with van der Waals surface area (Å²) in [6.45, 7) is 0. The first-order valence-electron chi connectivity index (χ1n) is 7.63. The Balaban J connectivity index is 2.38. The van der Waals surface area contributed by atoms with Gasteiger partial charge in [0.05, 0.1) is 0 Å². The third-order valence-corrected chi connectivity index (χ3v) is 4.33. The third kappa shape index (κ3) is 5.39. The fourth-order valence-corrected chi connectivity index (χ4v) is 2.95. The van der Waals surface area contributed by atoms with Crippen LogP contribution in [0.25, 0.3) is 5.69 Å². The predicted molar refractivity (Wildman–Crippen MR) is 98.0 cm³/mol. The second kappa shape index (κ2) is 8.01. The number of hydrogen-bond donors (Lipinski definition) is 3. The molecule has 1 aromatic heterocycles. The molecule has 0 aliphatic rings. The molecule has 1 aromatic carbocycles. The highest BCUT2D eigenvalue weighted by Crippen LogP contribution is 2.17. The highest BCUT2D eigenvalue weighted by molar-refractivity contribution is 7.87. The lowest BCUT2D eigenvalue weighted by atomic mass is 10.1. The van der Waals surface area contributed by atoms with Crippen molar-refractivity contribution in [3.63, 3.8) is 0 Å². The molecule has 0 spiro atoms. The summed E-state index contributed by atoms with van der Waals surface area (Å²) in [5.41, 5.74) is 7.41. The smallest absolute Gasteiger partial charge is 0.295 e. The first kappa shape index (κ1) is 20.1. The Hall–Kier alpha value is -3.18. The highest BCUT2D eigenvalue weighted by Gasteiger charge is 2.22. The van der Waals surface area contributed by atoms with Gasteiger partial charge in [0.2, 0.25) is 5.96 Å². The van der Waals surface area contributed by atoms with Crippen molar-refractivity contribution in [3.8, 4) is 5.69 Å². The number of rotatable bonds is 7. The van der Waals surface area contributed by atoms with E-state index >= 15 is 0 Å². The Morgan fingerprint density at radius 3 is 2.33 bits per heavy atom. The molecule has 0 radical (unpaired) electrons. The molecule has 11 heteroatoms. The molecule has 1 heterocycles. The number of carbonyl (C=O) groups excluding carboxylic acids is 2. The van der Waals surface area contributed by atoms with Crippen molar-refractivity contribution in [1.82, 2.24) is 14.9 Å². The molecule has 0 unspecified atom stereocenters. The molecule has 1 amide bonds. The van der Waals surface area contributed by atoms with Gasteiger partial charge in [-0.3, -0.25) is 15.0 Å². The Labute approximate surface area is 156 Å². The van der Waals surface area contributed by atoms with Crippen molar-refractivity contribution < 1.29 is 22.3 Å². The predicted octanol–water partition coefficient (Wildman–Crippen LogP) is 0.106. The fraction of sp³-hybridized carbons (Fsp3) is 0.188. The molecular formula is C16H19N5O5S. The number of hydrogen-bond acceptors (Lipinski definition) is 6. The summed E-state index contributed by atoms with van der Waals surface area (Å²) >= 11 is 0. The maximum atomic E-state index is 12.5. The molecule has 2 rings (SSSR count). The number of aromatic nitrogens is 1. The van der Waals surface area contributed by atoms with Crippen LogP contribution in [-0.4, -0.2) is 55.4 Å². The molecule has 0 atom stereocenters. The van der Waals surface area contributed by atoms with E-state index in [-0.39, 0.29) is 17.0 Å². The number of nitrogens with zero attached hydrogens (tertiary/aromatic N) is 2. The zero-order valence-electron chi connectivity index (χ0n) is 14.7. The molecule has 0 bridgehead atoms. The number of nitrogens with one attached hydrogen (secondary N) is 2. The number of hydroxylamine groups is 1. The van der Waals surface area contributed by atoms with Crippen molar-refractivity contribution in [2.75, 3.05) is 19.8 Å². The zero-order valence-corrected chi connectivity index (χ0v) is 15.5. The molecule has 27 heavy (non-hydrogen) atoms. The van der Waals surface area contributed by atoms with Crippen molar-refractivity contribution >= 4 is 27.8 Å². The number of amides is 1. The molecule has 0 fully saturated rings. The number of benzene rings is 1. The lowest BCUT2D eigenvalue weighted by Gasteiger charge is -2.14. The van der Waals surface area contributed by atoms with Crippen LogP contribution in [0.2, 0.25) is 0 Å². The summed E-state index contributed by atoms with van der Waals surface area (Å²) in [7, 11) is -1.19. The van der Waals surface area contributed by atoms with E-state index in [0.717, 1.165) is 0 Å². The van der Waals surface area contributed by atoms with Gasteiger partial charge in [-0.25, -0.2) is 5.48 Å². The van der Waals surface area contributed by atoms with Crippen LogP contribution in [0.3, 0.4) is 0 Å². The molecule has 0 saturated heterocycles. The second-order valence-electron chi connectivity index (χ2n) is 5.78. The fourth-order valence-electron chi connectivity index (χ4n) is 2.19. The van der Waals surface area contributed by atoms with Gasteiger partial charge in [0.15, 0.2) is 5.78 Å². The Morgan fingerprint density at radius 2 is 1.78 bits per heavy atom. The number of Topliss-reactive ketones (excluding diaryl/α,β-unsaturated/α-hetero) is 1. The van der Waals surface area contributed by atoms with E-state index in [1.807, 2.05) is 0 Å². The van der Waals surface area contributed by atoms with Gasteiger partial charge in [0, 0.05) is 43.3 Å². The number of ketones is 1. The van der Waals surface area contributed by atoms with Crippen LogP contribution in [0.1, 0.15) is 20.7 Å². The molecule has 10 nitrogen and oxygen atoms in total. The Morgan fingerprint density at radius 1 is 1.19 bits per heavy atom. The summed E-state index contributed by atoms with van der Waals surface area (Å²) in [5.74, 6) is -2.82.